The summed E-state index contributed by atoms with van der Waals surface area (Å²) >= 11 is 3.33. The first-order valence-corrected chi connectivity index (χ1v) is 5.28. The first-order chi connectivity index (χ1) is 7.25. The average molecular weight is 268 g/mol. The van der Waals surface area contributed by atoms with E-state index in [0.717, 1.165) is 16.1 Å². The molecule has 2 rings (SSSR count). The van der Waals surface area contributed by atoms with Crippen LogP contribution >= 0.6 is 15.9 Å². The van der Waals surface area contributed by atoms with Gasteiger partial charge >= 0.3 is 0 Å². The molecule has 0 saturated carbocycles. The summed E-state index contributed by atoms with van der Waals surface area (Å²) in [5, 5.41) is 9.81. The van der Waals surface area contributed by atoms with Crippen molar-refractivity contribution in [2.24, 2.45) is 0 Å². The fraction of sp³-hybridized carbons (Fsp3) is 0.222. The Bertz CT molecular complexity index is 411. The molecule has 2 aromatic heterocycles. The summed E-state index contributed by atoms with van der Waals surface area (Å²) in [6, 6.07) is 3.89. The largest absolute Gasteiger partial charge is 0.360 e. The van der Waals surface area contributed by atoms with Gasteiger partial charge in [-0.15, -0.1) is 0 Å². The van der Waals surface area contributed by atoms with Gasteiger partial charge in [-0.1, -0.05) is 0 Å². The molecule has 0 aliphatic rings. The monoisotopic (exact) mass is 267 g/mol. The van der Waals surface area contributed by atoms with Gasteiger partial charge in [0.15, 0.2) is 0 Å². The molecule has 0 saturated heterocycles. The van der Waals surface area contributed by atoms with Crippen LogP contribution in [-0.4, -0.2) is 20.2 Å². The van der Waals surface area contributed by atoms with Gasteiger partial charge in [0.2, 0.25) is 0 Å². The molecular formula is C9H10BrN5. The second-order valence-electron chi connectivity index (χ2n) is 3.10. The molecule has 15 heavy (non-hydrogen) atoms. The number of aromatic amines is 1. The van der Waals surface area contributed by atoms with E-state index in [1.807, 2.05) is 19.1 Å². The summed E-state index contributed by atoms with van der Waals surface area (Å²) in [7, 11) is 0. The number of anilines is 1. The number of hydrogen-bond donors (Lipinski definition) is 2. The summed E-state index contributed by atoms with van der Waals surface area (Å²) in [5.41, 5.74) is 0. The Morgan fingerprint density at radius 3 is 2.87 bits per heavy atom. The highest BCUT2D eigenvalue weighted by molar-refractivity contribution is 9.10. The molecule has 0 fully saturated rings. The molecule has 5 nitrogen and oxygen atoms in total. The minimum absolute atomic E-state index is 0.0566. The van der Waals surface area contributed by atoms with Crippen molar-refractivity contribution >= 4 is 21.7 Å². The van der Waals surface area contributed by atoms with Crippen molar-refractivity contribution in [3.8, 4) is 0 Å². The van der Waals surface area contributed by atoms with E-state index in [9.17, 15) is 0 Å². The molecule has 78 valence electrons. The molecule has 0 spiro atoms. The van der Waals surface area contributed by atoms with Crippen LogP contribution in [0.15, 0.2) is 29.1 Å². The van der Waals surface area contributed by atoms with Crippen molar-refractivity contribution in [2.75, 3.05) is 5.32 Å². The number of rotatable bonds is 3. The van der Waals surface area contributed by atoms with Gasteiger partial charge in [0, 0.05) is 10.7 Å². The van der Waals surface area contributed by atoms with E-state index in [2.05, 4.69) is 41.4 Å². The third-order valence-corrected chi connectivity index (χ3v) is 2.40. The zero-order valence-electron chi connectivity index (χ0n) is 8.11. The van der Waals surface area contributed by atoms with Gasteiger partial charge in [0.05, 0.1) is 6.04 Å². The Hall–Kier alpha value is -1.43. The van der Waals surface area contributed by atoms with Crippen LogP contribution in [-0.2, 0) is 0 Å². The van der Waals surface area contributed by atoms with Crippen molar-refractivity contribution < 1.29 is 0 Å². The van der Waals surface area contributed by atoms with Crippen LogP contribution in [0, 0.1) is 0 Å². The molecule has 0 radical (unpaired) electrons. The Balaban J connectivity index is 2.06. The molecule has 0 bridgehead atoms. The van der Waals surface area contributed by atoms with Crippen LogP contribution < -0.4 is 5.32 Å². The van der Waals surface area contributed by atoms with E-state index >= 15 is 0 Å². The maximum Gasteiger partial charge on any atom is 0.146 e. The number of nitrogens with one attached hydrogen (secondary N) is 2. The van der Waals surface area contributed by atoms with Gasteiger partial charge in [-0.3, -0.25) is 5.10 Å². The van der Waals surface area contributed by atoms with E-state index in [4.69, 9.17) is 0 Å². The van der Waals surface area contributed by atoms with Crippen LogP contribution in [0.5, 0.6) is 0 Å². The Labute approximate surface area is 95.5 Å². The molecule has 0 amide bonds. The normalized spacial score (nSPS) is 12.4. The summed E-state index contributed by atoms with van der Waals surface area (Å²) in [6.45, 7) is 1.99. The van der Waals surface area contributed by atoms with E-state index in [1.54, 1.807) is 6.20 Å². The molecule has 1 atom stereocenters. The van der Waals surface area contributed by atoms with Crippen molar-refractivity contribution in [3.05, 3.63) is 35.0 Å². The lowest BCUT2D eigenvalue weighted by atomic mass is 10.3. The maximum atomic E-state index is 4.21. The Kier molecular flexibility index (Phi) is 2.96. The number of pyridine rings is 1. The quantitative estimate of drug-likeness (QED) is 0.894. The summed E-state index contributed by atoms with van der Waals surface area (Å²) in [6.07, 6.45) is 3.23. The van der Waals surface area contributed by atoms with Crippen molar-refractivity contribution in [3.63, 3.8) is 0 Å². The zero-order chi connectivity index (χ0) is 10.7. The molecule has 2 heterocycles. The molecular weight excluding hydrogens is 258 g/mol. The van der Waals surface area contributed by atoms with E-state index in [1.165, 1.54) is 6.33 Å². The number of H-pyrrole nitrogens is 1. The highest BCUT2D eigenvalue weighted by Gasteiger charge is 2.07. The lowest BCUT2D eigenvalue weighted by molar-refractivity contribution is 0.790. The highest BCUT2D eigenvalue weighted by atomic mass is 79.9. The zero-order valence-corrected chi connectivity index (χ0v) is 9.69. The first kappa shape index (κ1) is 10.1. The predicted molar refractivity (Wildman–Crippen MR) is 60.4 cm³/mol. The summed E-state index contributed by atoms with van der Waals surface area (Å²) in [4.78, 5) is 8.27. The lowest BCUT2D eigenvalue weighted by Gasteiger charge is -2.11. The minimum atomic E-state index is 0.0566. The molecule has 2 N–H and O–H groups in total. The molecule has 0 aliphatic heterocycles. The summed E-state index contributed by atoms with van der Waals surface area (Å²) < 4.78 is 0.959. The van der Waals surface area contributed by atoms with Gasteiger partial charge < -0.3 is 5.32 Å². The second-order valence-corrected chi connectivity index (χ2v) is 4.01. The molecule has 0 aliphatic carbocycles. The predicted octanol–water partition coefficient (Wildman–Crippen LogP) is 2.14. The van der Waals surface area contributed by atoms with Crippen molar-refractivity contribution in [2.45, 2.75) is 13.0 Å². The number of aromatic nitrogens is 4. The van der Waals surface area contributed by atoms with E-state index in [0.29, 0.717) is 0 Å². The average Bonchev–Trinajstić information content (AvgIpc) is 2.74. The van der Waals surface area contributed by atoms with Crippen molar-refractivity contribution in [1.82, 2.24) is 20.2 Å². The highest BCUT2D eigenvalue weighted by Crippen LogP contribution is 2.15. The number of halogens is 1. The third-order valence-electron chi connectivity index (χ3n) is 1.94. The van der Waals surface area contributed by atoms with Crippen LogP contribution in [0.25, 0.3) is 0 Å². The lowest BCUT2D eigenvalue weighted by Crippen LogP contribution is -2.09. The maximum absolute atomic E-state index is 4.21. The van der Waals surface area contributed by atoms with Crippen LogP contribution in [0.2, 0.25) is 0 Å². The minimum Gasteiger partial charge on any atom is -0.360 e. The van der Waals surface area contributed by atoms with Crippen LogP contribution in [0.3, 0.4) is 0 Å². The second kappa shape index (κ2) is 4.39. The molecule has 2 aromatic rings. The van der Waals surface area contributed by atoms with Crippen molar-refractivity contribution in [1.29, 1.82) is 0 Å². The van der Waals surface area contributed by atoms with Gasteiger partial charge in [-0.2, -0.15) is 5.10 Å². The first-order valence-electron chi connectivity index (χ1n) is 4.49. The Morgan fingerprint density at radius 1 is 1.40 bits per heavy atom. The van der Waals surface area contributed by atoms with Gasteiger partial charge in [0.1, 0.15) is 18.0 Å². The number of hydrogen-bond acceptors (Lipinski definition) is 4. The smallest absolute Gasteiger partial charge is 0.146 e. The van der Waals surface area contributed by atoms with Crippen LogP contribution in [0.4, 0.5) is 5.82 Å². The fourth-order valence-corrected chi connectivity index (χ4v) is 1.41. The summed E-state index contributed by atoms with van der Waals surface area (Å²) in [5.74, 6) is 1.60. The number of nitrogens with zero attached hydrogens (tertiary/aromatic N) is 3. The van der Waals surface area contributed by atoms with Crippen LogP contribution in [0.1, 0.15) is 18.8 Å². The SMILES string of the molecule is CC(Nc1ccc(Br)cn1)c1ncn[nH]1. The van der Waals surface area contributed by atoms with Gasteiger partial charge in [0.25, 0.3) is 0 Å². The molecule has 1 unspecified atom stereocenters. The standard InChI is InChI=1S/C9H10BrN5/c1-6(9-12-5-13-15-9)14-8-3-2-7(10)4-11-8/h2-6H,1H3,(H,11,14)(H,12,13,15). The molecule has 6 heteroatoms. The van der Waals surface area contributed by atoms with Gasteiger partial charge in [-0.05, 0) is 35.0 Å². The van der Waals surface area contributed by atoms with E-state index < -0.39 is 0 Å². The topological polar surface area (TPSA) is 66.5 Å². The third kappa shape index (κ3) is 2.53. The fourth-order valence-electron chi connectivity index (χ4n) is 1.17. The molecule has 0 aromatic carbocycles. The Morgan fingerprint density at radius 2 is 2.27 bits per heavy atom. The van der Waals surface area contributed by atoms with E-state index in [-0.39, 0.29) is 6.04 Å². The van der Waals surface area contributed by atoms with Gasteiger partial charge in [-0.25, -0.2) is 9.97 Å².